The van der Waals surface area contributed by atoms with Gasteiger partial charge in [0.05, 0.1) is 19.3 Å². The highest BCUT2D eigenvalue weighted by molar-refractivity contribution is 14.0. The molecule has 0 radical (unpaired) electrons. The van der Waals surface area contributed by atoms with E-state index in [1.54, 1.807) is 0 Å². The molecule has 0 amide bonds. The molecule has 28 heavy (non-hydrogen) atoms. The first-order valence-electron chi connectivity index (χ1n) is 10.1. The second-order valence-corrected chi connectivity index (χ2v) is 7.96. The summed E-state index contributed by atoms with van der Waals surface area (Å²) in [6, 6.07) is 8.48. The minimum atomic E-state index is -0.191. The van der Waals surface area contributed by atoms with Crippen molar-refractivity contribution in [2.24, 2.45) is 4.99 Å². The average molecular weight is 502 g/mol. The molecule has 2 aliphatic heterocycles. The summed E-state index contributed by atoms with van der Waals surface area (Å²) in [6.45, 7) is 10.2. The van der Waals surface area contributed by atoms with Gasteiger partial charge in [-0.2, -0.15) is 0 Å². The fourth-order valence-electron chi connectivity index (χ4n) is 3.78. The molecule has 0 spiro atoms. The Morgan fingerprint density at radius 2 is 1.96 bits per heavy atom. The number of rotatable bonds is 6. The minimum absolute atomic E-state index is 0. The van der Waals surface area contributed by atoms with Crippen molar-refractivity contribution < 1.29 is 9.47 Å². The lowest BCUT2D eigenvalue weighted by molar-refractivity contribution is 0.0372. The summed E-state index contributed by atoms with van der Waals surface area (Å²) >= 11 is 0. The molecule has 0 aliphatic carbocycles. The predicted molar refractivity (Wildman–Crippen MR) is 125 cm³/mol. The summed E-state index contributed by atoms with van der Waals surface area (Å²) < 4.78 is 11.5. The van der Waals surface area contributed by atoms with Crippen molar-refractivity contribution >= 4 is 29.9 Å². The number of para-hydroxylation sites is 1. The summed E-state index contributed by atoms with van der Waals surface area (Å²) in [6.07, 6.45) is 3.23. The van der Waals surface area contributed by atoms with Crippen LogP contribution in [0.2, 0.25) is 0 Å². The van der Waals surface area contributed by atoms with Crippen LogP contribution < -0.4 is 15.4 Å². The molecule has 2 aliphatic rings. The van der Waals surface area contributed by atoms with Gasteiger partial charge in [-0.25, -0.2) is 0 Å². The molecule has 0 aromatic heterocycles. The largest absolute Gasteiger partial charge is 0.487 e. The van der Waals surface area contributed by atoms with Gasteiger partial charge in [-0.3, -0.25) is 9.89 Å². The fourth-order valence-corrected chi connectivity index (χ4v) is 3.78. The fraction of sp³-hybridized carbons (Fsp3) is 0.667. The second kappa shape index (κ2) is 11.2. The quantitative estimate of drug-likeness (QED) is 0.271. The lowest BCUT2D eigenvalue weighted by Gasteiger charge is -2.38. The normalized spacial score (nSPS) is 21.8. The van der Waals surface area contributed by atoms with Crippen LogP contribution in [-0.2, 0) is 4.74 Å². The molecule has 0 bridgehead atoms. The van der Waals surface area contributed by atoms with Crippen molar-refractivity contribution in [2.75, 3.05) is 46.4 Å². The highest BCUT2D eigenvalue weighted by Crippen LogP contribution is 2.39. The van der Waals surface area contributed by atoms with Crippen LogP contribution >= 0.6 is 24.0 Å². The third-order valence-corrected chi connectivity index (χ3v) is 5.21. The number of halogens is 1. The van der Waals surface area contributed by atoms with Crippen LogP contribution in [-0.4, -0.2) is 62.9 Å². The Labute approximate surface area is 186 Å². The van der Waals surface area contributed by atoms with E-state index in [-0.39, 0.29) is 35.6 Å². The van der Waals surface area contributed by atoms with Gasteiger partial charge < -0.3 is 20.1 Å². The molecule has 7 heteroatoms. The van der Waals surface area contributed by atoms with Crippen LogP contribution in [0, 0.1) is 0 Å². The predicted octanol–water partition coefficient (Wildman–Crippen LogP) is 3.18. The Bertz CT molecular complexity index is 633. The lowest BCUT2D eigenvalue weighted by Crippen LogP contribution is -2.45. The van der Waals surface area contributed by atoms with E-state index in [0.29, 0.717) is 0 Å². The number of nitrogens with zero attached hydrogens (tertiary/aromatic N) is 2. The smallest absolute Gasteiger partial charge is 0.191 e. The van der Waals surface area contributed by atoms with Crippen LogP contribution in [0.25, 0.3) is 0 Å². The van der Waals surface area contributed by atoms with E-state index in [1.165, 1.54) is 12.0 Å². The van der Waals surface area contributed by atoms with Gasteiger partial charge in [0.2, 0.25) is 0 Å². The van der Waals surface area contributed by atoms with Crippen molar-refractivity contribution in [3.8, 4) is 5.75 Å². The molecule has 1 unspecified atom stereocenters. The molecule has 1 aromatic rings. The Morgan fingerprint density at radius 3 is 2.71 bits per heavy atom. The molecule has 1 fully saturated rings. The van der Waals surface area contributed by atoms with Gasteiger partial charge in [-0.15, -0.1) is 24.0 Å². The summed E-state index contributed by atoms with van der Waals surface area (Å²) in [4.78, 5) is 6.90. The molecule has 1 aromatic carbocycles. The molecule has 0 saturated carbocycles. The van der Waals surface area contributed by atoms with Crippen molar-refractivity contribution in [1.29, 1.82) is 0 Å². The Kier molecular flexibility index (Phi) is 9.30. The third kappa shape index (κ3) is 6.77. The van der Waals surface area contributed by atoms with Crippen LogP contribution in [0.15, 0.2) is 29.3 Å². The Hall–Kier alpha value is -1.06. The average Bonchev–Trinajstić information content (AvgIpc) is 2.66. The van der Waals surface area contributed by atoms with Crippen LogP contribution in [0.4, 0.5) is 0 Å². The van der Waals surface area contributed by atoms with Crippen molar-refractivity contribution in [3.05, 3.63) is 29.8 Å². The number of hydrogen-bond acceptors (Lipinski definition) is 4. The van der Waals surface area contributed by atoms with E-state index in [4.69, 9.17) is 9.47 Å². The van der Waals surface area contributed by atoms with Gasteiger partial charge in [0.25, 0.3) is 0 Å². The molecule has 158 valence electrons. The number of ether oxygens (including phenoxy) is 2. The van der Waals surface area contributed by atoms with Crippen molar-refractivity contribution in [1.82, 2.24) is 15.5 Å². The zero-order valence-electron chi connectivity index (χ0n) is 17.4. The van der Waals surface area contributed by atoms with E-state index < -0.39 is 0 Å². The number of morpholine rings is 1. The van der Waals surface area contributed by atoms with E-state index in [0.717, 1.165) is 63.9 Å². The number of nitrogens with one attached hydrogen (secondary N) is 2. The van der Waals surface area contributed by atoms with Gasteiger partial charge in [0, 0.05) is 38.7 Å². The lowest BCUT2D eigenvalue weighted by atomic mass is 9.90. The van der Waals surface area contributed by atoms with Crippen molar-refractivity contribution in [2.45, 2.75) is 44.8 Å². The maximum atomic E-state index is 6.12. The van der Waals surface area contributed by atoms with Crippen LogP contribution in [0.1, 0.15) is 44.7 Å². The molecule has 1 saturated heterocycles. The first kappa shape index (κ1) is 23.2. The molecule has 1 atom stereocenters. The first-order chi connectivity index (χ1) is 13.1. The summed E-state index contributed by atoms with van der Waals surface area (Å²) in [7, 11) is 1.83. The topological polar surface area (TPSA) is 58.1 Å². The van der Waals surface area contributed by atoms with Gasteiger partial charge in [0.15, 0.2) is 5.96 Å². The number of benzene rings is 1. The highest BCUT2D eigenvalue weighted by Gasteiger charge is 2.33. The third-order valence-electron chi connectivity index (χ3n) is 5.21. The summed E-state index contributed by atoms with van der Waals surface area (Å²) in [5, 5.41) is 7.06. The minimum Gasteiger partial charge on any atom is -0.487 e. The zero-order valence-corrected chi connectivity index (χ0v) is 19.7. The molecular formula is C21H35IN4O2. The maximum absolute atomic E-state index is 6.12. The van der Waals surface area contributed by atoms with Gasteiger partial charge in [0.1, 0.15) is 11.4 Å². The monoisotopic (exact) mass is 502 g/mol. The summed E-state index contributed by atoms with van der Waals surface area (Å²) in [5.74, 6) is 1.83. The standard InChI is InChI=1S/C21H34N4O2.HI/c1-21(2)16-18(17-8-4-5-9-19(17)27-21)24-20(22-3)23-10-6-7-11-25-12-14-26-15-13-25;/h4-5,8-9,18H,6-7,10-16H2,1-3H3,(H2,22,23,24);1H. The number of aliphatic imine (C=N–C) groups is 1. The first-order valence-corrected chi connectivity index (χ1v) is 10.1. The van der Waals surface area contributed by atoms with E-state index in [1.807, 2.05) is 19.2 Å². The molecule has 6 nitrogen and oxygen atoms in total. The van der Waals surface area contributed by atoms with Gasteiger partial charge >= 0.3 is 0 Å². The highest BCUT2D eigenvalue weighted by atomic mass is 127. The van der Waals surface area contributed by atoms with Crippen LogP contribution in [0.5, 0.6) is 5.75 Å². The number of fused-ring (bicyclic) bond motifs is 1. The molecule has 2 heterocycles. The van der Waals surface area contributed by atoms with E-state index >= 15 is 0 Å². The number of hydrogen-bond donors (Lipinski definition) is 2. The Balaban J connectivity index is 0.00000280. The Morgan fingerprint density at radius 1 is 1.21 bits per heavy atom. The molecular weight excluding hydrogens is 467 g/mol. The van der Waals surface area contributed by atoms with E-state index in [2.05, 4.69) is 46.5 Å². The summed E-state index contributed by atoms with van der Waals surface area (Å²) in [5.41, 5.74) is 1.01. The van der Waals surface area contributed by atoms with Crippen molar-refractivity contribution in [3.63, 3.8) is 0 Å². The van der Waals surface area contributed by atoms with Gasteiger partial charge in [-0.1, -0.05) is 18.2 Å². The van der Waals surface area contributed by atoms with Crippen LogP contribution in [0.3, 0.4) is 0 Å². The van der Waals surface area contributed by atoms with Gasteiger partial charge in [-0.05, 0) is 39.3 Å². The molecule has 3 rings (SSSR count). The number of guanidine groups is 1. The number of unbranched alkanes of at least 4 members (excludes halogenated alkanes) is 1. The van der Waals surface area contributed by atoms with E-state index in [9.17, 15) is 0 Å². The zero-order chi connectivity index (χ0) is 19.1. The maximum Gasteiger partial charge on any atom is 0.191 e. The SMILES string of the molecule is CN=C(NCCCCN1CCOCC1)NC1CC(C)(C)Oc2ccccc21.I. The second-order valence-electron chi connectivity index (χ2n) is 7.96. The molecule has 2 N–H and O–H groups in total.